The number of benzene rings is 1. The number of hydrogen-bond donors (Lipinski definition) is 2. The van der Waals surface area contributed by atoms with Crippen LogP contribution in [0.15, 0.2) is 30.5 Å². The Morgan fingerprint density at radius 2 is 1.92 bits per heavy atom. The van der Waals surface area contributed by atoms with E-state index in [0.717, 1.165) is 5.56 Å². The average molecular weight is 347 g/mol. The largest absolute Gasteiger partial charge is 0.497 e. The van der Waals surface area contributed by atoms with Crippen LogP contribution in [0.25, 0.3) is 0 Å². The predicted octanol–water partition coefficient (Wildman–Crippen LogP) is 2.04. The normalized spacial score (nSPS) is 13.0. The number of amides is 1. The van der Waals surface area contributed by atoms with Crippen molar-refractivity contribution in [3.63, 3.8) is 0 Å². The molecule has 1 heterocycles. The van der Waals surface area contributed by atoms with E-state index in [1.165, 1.54) is 23.9 Å². The van der Waals surface area contributed by atoms with Gasteiger partial charge in [-0.3, -0.25) is 9.48 Å². The van der Waals surface area contributed by atoms with Gasteiger partial charge < -0.3 is 19.9 Å². The zero-order valence-corrected chi connectivity index (χ0v) is 14.5. The summed E-state index contributed by atoms with van der Waals surface area (Å²) in [5, 5.41) is 15.8. The van der Waals surface area contributed by atoms with Crippen LogP contribution in [0.4, 0.5) is 0 Å². The smallest absolute Gasteiger partial charge is 0.328 e. The Bertz CT molecular complexity index is 771. The van der Waals surface area contributed by atoms with Gasteiger partial charge in [0, 0.05) is 11.8 Å². The molecule has 0 aliphatic heterocycles. The molecule has 0 saturated heterocycles. The molecule has 2 aromatic rings. The molecule has 0 fully saturated rings. The van der Waals surface area contributed by atoms with Gasteiger partial charge in [0.2, 0.25) is 0 Å². The minimum Gasteiger partial charge on any atom is -0.497 e. The maximum Gasteiger partial charge on any atom is 0.328 e. The highest BCUT2D eigenvalue weighted by atomic mass is 16.5. The zero-order chi connectivity index (χ0) is 18.6. The number of carbonyl (C=O) groups is 2. The Labute approximate surface area is 145 Å². The lowest BCUT2D eigenvalue weighted by Crippen LogP contribution is -2.28. The third-order valence-corrected chi connectivity index (χ3v) is 3.85. The van der Waals surface area contributed by atoms with E-state index in [-0.39, 0.29) is 11.7 Å². The lowest BCUT2D eigenvalue weighted by atomic mass is 10.1. The Morgan fingerprint density at radius 1 is 1.20 bits per heavy atom. The number of hydrogen-bond acceptors (Lipinski definition) is 5. The lowest BCUT2D eigenvalue weighted by molar-refractivity contribution is -0.140. The van der Waals surface area contributed by atoms with E-state index in [0.29, 0.717) is 11.5 Å². The molecule has 0 saturated carbocycles. The molecule has 2 atom stereocenters. The highest BCUT2D eigenvalue weighted by Crippen LogP contribution is 2.29. The molecule has 134 valence electrons. The van der Waals surface area contributed by atoms with E-state index in [4.69, 9.17) is 14.6 Å². The van der Waals surface area contributed by atoms with Gasteiger partial charge in [0.25, 0.3) is 5.91 Å². The second-order valence-electron chi connectivity index (χ2n) is 5.50. The second kappa shape index (κ2) is 7.69. The number of ether oxygens (including phenoxy) is 2. The number of carboxylic acids is 1. The Hall–Kier alpha value is -3.03. The maximum absolute atomic E-state index is 12.4. The maximum atomic E-state index is 12.4. The van der Waals surface area contributed by atoms with Crippen molar-refractivity contribution >= 4 is 11.9 Å². The third kappa shape index (κ3) is 4.09. The SMILES string of the molecule is COc1ccc(OC)c(C(C)NC(=O)c2ccn(C(C)C(=O)O)n2)c1. The number of methoxy groups -OCH3 is 2. The standard InChI is InChI=1S/C17H21N3O5/c1-10(13-9-12(24-3)5-6-15(13)25-4)18-16(21)14-7-8-20(19-14)11(2)17(22)23/h5-11H,1-4H3,(H,18,21)(H,22,23). The number of nitrogens with one attached hydrogen (secondary N) is 1. The van der Waals surface area contributed by atoms with Crippen molar-refractivity contribution in [2.75, 3.05) is 14.2 Å². The first kappa shape index (κ1) is 18.3. The van der Waals surface area contributed by atoms with Crippen molar-refractivity contribution in [2.45, 2.75) is 25.9 Å². The summed E-state index contributed by atoms with van der Waals surface area (Å²) in [7, 11) is 3.11. The van der Waals surface area contributed by atoms with Crippen LogP contribution < -0.4 is 14.8 Å². The van der Waals surface area contributed by atoms with Crippen molar-refractivity contribution in [3.8, 4) is 11.5 Å². The molecule has 2 unspecified atom stereocenters. The van der Waals surface area contributed by atoms with E-state index in [1.807, 2.05) is 6.92 Å². The predicted molar refractivity (Wildman–Crippen MR) is 90.0 cm³/mol. The van der Waals surface area contributed by atoms with E-state index >= 15 is 0 Å². The first-order chi connectivity index (χ1) is 11.9. The molecular formula is C17H21N3O5. The van der Waals surface area contributed by atoms with Crippen LogP contribution in [0.2, 0.25) is 0 Å². The summed E-state index contributed by atoms with van der Waals surface area (Å²) in [6, 6.07) is 5.59. The highest BCUT2D eigenvalue weighted by Gasteiger charge is 2.20. The molecule has 0 bridgehead atoms. The fourth-order valence-corrected chi connectivity index (χ4v) is 2.31. The summed E-state index contributed by atoms with van der Waals surface area (Å²) >= 11 is 0. The second-order valence-corrected chi connectivity index (χ2v) is 5.50. The number of carbonyl (C=O) groups excluding carboxylic acids is 1. The first-order valence-electron chi connectivity index (χ1n) is 7.68. The topological polar surface area (TPSA) is 103 Å². The van der Waals surface area contributed by atoms with Crippen molar-refractivity contribution in [3.05, 3.63) is 41.7 Å². The molecule has 0 spiro atoms. The molecule has 8 nitrogen and oxygen atoms in total. The molecule has 2 rings (SSSR count). The minimum atomic E-state index is -1.02. The van der Waals surface area contributed by atoms with Gasteiger partial charge in [-0.15, -0.1) is 0 Å². The number of rotatable bonds is 7. The molecule has 1 amide bonds. The number of nitrogens with zero attached hydrogens (tertiary/aromatic N) is 2. The number of aromatic nitrogens is 2. The molecular weight excluding hydrogens is 326 g/mol. The molecule has 0 aliphatic rings. The summed E-state index contributed by atoms with van der Waals surface area (Å²) in [6.07, 6.45) is 1.46. The van der Waals surface area contributed by atoms with E-state index in [2.05, 4.69) is 10.4 Å². The van der Waals surface area contributed by atoms with E-state index < -0.39 is 17.9 Å². The van der Waals surface area contributed by atoms with Crippen molar-refractivity contribution in [1.82, 2.24) is 15.1 Å². The van der Waals surface area contributed by atoms with Gasteiger partial charge in [0.15, 0.2) is 0 Å². The number of aliphatic carboxylic acids is 1. The quantitative estimate of drug-likeness (QED) is 0.794. The van der Waals surface area contributed by atoms with Gasteiger partial charge in [-0.1, -0.05) is 0 Å². The Morgan fingerprint density at radius 3 is 2.52 bits per heavy atom. The summed E-state index contributed by atoms with van der Waals surface area (Å²) in [6.45, 7) is 3.30. The third-order valence-electron chi connectivity index (χ3n) is 3.85. The van der Waals surface area contributed by atoms with Gasteiger partial charge in [-0.05, 0) is 38.1 Å². The molecule has 0 radical (unpaired) electrons. The Kier molecular flexibility index (Phi) is 5.63. The first-order valence-corrected chi connectivity index (χ1v) is 7.68. The zero-order valence-electron chi connectivity index (χ0n) is 14.5. The summed E-state index contributed by atoms with van der Waals surface area (Å²) in [5.41, 5.74) is 0.898. The van der Waals surface area contributed by atoms with Crippen LogP contribution in [0.1, 0.15) is 42.0 Å². The summed E-state index contributed by atoms with van der Waals surface area (Å²) < 4.78 is 11.8. The van der Waals surface area contributed by atoms with Crippen LogP contribution in [0.3, 0.4) is 0 Å². The summed E-state index contributed by atoms with van der Waals surface area (Å²) in [5.74, 6) is -0.159. The van der Waals surface area contributed by atoms with Gasteiger partial charge >= 0.3 is 5.97 Å². The molecule has 8 heteroatoms. The van der Waals surface area contributed by atoms with Crippen LogP contribution in [0, 0.1) is 0 Å². The van der Waals surface area contributed by atoms with Crippen molar-refractivity contribution < 1.29 is 24.2 Å². The molecule has 2 N–H and O–H groups in total. The molecule has 25 heavy (non-hydrogen) atoms. The van der Waals surface area contributed by atoms with E-state index in [1.54, 1.807) is 32.4 Å². The minimum absolute atomic E-state index is 0.141. The van der Waals surface area contributed by atoms with Crippen LogP contribution >= 0.6 is 0 Å². The fraction of sp³-hybridized carbons (Fsp3) is 0.353. The molecule has 0 aliphatic carbocycles. The van der Waals surface area contributed by atoms with Crippen molar-refractivity contribution in [2.24, 2.45) is 0 Å². The van der Waals surface area contributed by atoms with Crippen LogP contribution in [-0.4, -0.2) is 41.0 Å². The highest BCUT2D eigenvalue weighted by molar-refractivity contribution is 5.92. The van der Waals surface area contributed by atoms with Crippen LogP contribution in [0.5, 0.6) is 11.5 Å². The summed E-state index contributed by atoms with van der Waals surface area (Å²) in [4.78, 5) is 23.4. The fourth-order valence-electron chi connectivity index (χ4n) is 2.31. The average Bonchev–Trinajstić information content (AvgIpc) is 3.10. The van der Waals surface area contributed by atoms with Gasteiger partial charge in [0.1, 0.15) is 23.2 Å². The number of carboxylic acid groups (broad SMARTS) is 1. The van der Waals surface area contributed by atoms with E-state index in [9.17, 15) is 9.59 Å². The molecule has 1 aromatic carbocycles. The van der Waals surface area contributed by atoms with Gasteiger partial charge in [-0.25, -0.2) is 4.79 Å². The molecule has 1 aromatic heterocycles. The van der Waals surface area contributed by atoms with Gasteiger partial charge in [-0.2, -0.15) is 5.10 Å². The monoisotopic (exact) mass is 347 g/mol. The van der Waals surface area contributed by atoms with Gasteiger partial charge in [0.05, 0.1) is 20.3 Å². The Balaban J connectivity index is 2.16. The van der Waals surface area contributed by atoms with Crippen molar-refractivity contribution in [1.29, 1.82) is 0 Å². The van der Waals surface area contributed by atoms with Crippen LogP contribution in [-0.2, 0) is 4.79 Å². The lowest BCUT2D eigenvalue weighted by Gasteiger charge is -2.17.